The van der Waals surface area contributed by atoms with E-state index in [-0.39, 0.29) is 29.7 Å². The van der Waals surface area contributed by atoms with E-state index in [9.17, 15) is 9.59 Å². The Hall–Kier alpha value is -1.36. The second-order valence-corrected chi connectivity index (χ2v) is 6.42. The summed E-state index contributed by atoms with van der Waals surface area (Å²) in [7, 11) is 0. The van der Waals surface area contributed by atoms with Gasteiger partial charge in [0, 0.05) is 16.2 Å². The normalized spacial score (nSPS) is 20.6. The van der Waals surface area contributed by atoms with Crippen molar-refractivity contribution >= 4 is 33.4 Å². The molecule has 0 saturated heterocycles. The quantitative estimate of drug-likeness (QED) is 0.886. The Kier molecular flexibility index (Phi) is 4.48. The van der Waals surface area contributed by atoms with Gasteiger partial charge in [-0.1, -0.05) is 22.0 Å². The number of carbonyl (C=O) groups excluding carboxylic acids is 2. The topological polar surface area (TPSA) is 58.2 Å². The van der Waals surface area contributed by atoms with Gasteiger partial charge in [-0.3, -0.25) is 9.59 Å². The van der Waals surface area contributed by atoms with Crippen LogP contribution in [0.3, 0.4) is 0 Å². The van der Waals surface area contributed by atoms with Crippen LogP contribution >= 0.6 is 15.9 Å². The van der Waals surface area contributed by atoms with Gasteiger partial charge in [0.15, 0.2) is 0 Å². The molecule has 0 aliphatic heterocycles. The lowest BCUT2D eigenvalue weighted by Gasteiger charge is -2.09. The highest BCUT2D eigenvalue weighted by atomic mass is 79.9. The zero-order valence-corrected chi connectivity index (χ0v) is 13.5. The number of benzene rings is 1. The Morgan fingerprint density at radius 1 is 1.25 bits per heavy atom. The van der Waals surface area contributed by atoms with Crippen molar-refractivity contribution in [3.63, 3.8) is 0 Å². The summed E-state index contributed by atoms with van der Waals surface area (Å²) >= 11 is 3.44. The zero-order chi connectivity index (χ0) is 14.9. The first kappa shape index (κ1) is 15.0. The summed E-state index contributed by atoms with van der Waals surface area (Å²) in [6, 6.07) is 5.79. The van der Waals surface area contributed by atoms with E-state index in [0.29, 0.717) is 6.42 Å². The molecular formula is C15H19BrN2O2. The molecule has 5 heteroatoms. The van der Waals surface area contributed by atoms with Crippen LogP contribution in [0.5, 0.6) is 0 Å². The maximum atomic E-state index is 12.1. The number of anilines is 1. The predicted octanol–water partition coefficient (Wildman–Crippen LogP) is 2.86. The molecule has 2 rings (SSSR count). The van der Waals surface area contributed by atoms with Crippen LogP contribution in [0.2, 0.25) is 0 Å². The second-order valence-electron chi connectivity index (χ2n) is 5.57. The van der Waals surface area contributed by atoms with E-state index < -0.39 is 0 Å². The van der Waals surface area contributed by atoms with Crippen molar-refractivity contribution in [1.82, 2.24) is 5.32 Å². The zero-order valence-electron chi connectivity index (χ0n) is 11.9. The first-order valence-corrected chi connectivity index (χ1v) is 7.55. The van der Waals surface area contributed by atoms with Crippen molar-refractivity contribution in [1.29, 1.82) is 0 Å². The number of amides is 2. The highest BCUT2D eigenvalue weighted by Gasteiger charge is 2.48. The molecule has 1 fully saturated rings. The summed E-state index contributed by atoms with van der Waals surface area (Å²) in [6.45, 7) is 5.82. The molecule has 2 unspecified atom stereocenters. The first-order valence-electron chi connectivity index (χ1n) is 6.76. The van der Waals surface area contributed by atoms with Crippen molar-refractivity contribution in [2.75, 3.05) is 5.32 Å². The maximum absolute atomic E-state index is 12.1. The SMILES string of the molecule is Cc1ccc(NC(=O)C2CC2C(=O)NC(C)C)cc1Br. The minimum Gasteiger partial charge on any atom is -0.354 e. The highest BCUT2D eigenvalue weighted by Crippen LogP contribution is 2.39. The fraction of sp³-hybridized carbons (Fsp3) is 0.467. The molecule has 1 aromatic carbocycles. The predicted molar refractivity (Wildman–Crippen MR) is 82.4 cm³/mol. The fourth-order valence-electron chi connectivity index (χ4n) is 2.07. The third-order valence-electron chi connectivity index (χ3n) is 3.33. The summed E-state index contributed by atoms with van der Waals surface area (Å²) in [5.74, 6) is -0.477. The summed E-state index contributed by atoms with van der Waals surface area (Å²) in [6.07, 6.45) is 0.636. The number of halogens is 1. The lowest BCUT2D eigenvalue weighted by atomic mass is 10.2. The second kappa shape index (κ2) is 5.95. The molecule has 1 aliphatic rings. The lowest BCUT2D eigenvalue weighted by Crippen LogP contribution is -2.32. The molecule has 0 spiro atoms. The van der Waals surface area contributed by atoms with Crippen LogP contribution in [0.25, 0.3) is 0 Å². The van der Waals surface area contributed by atoms with Crippen LogP contribution in [-0.4, -0.2) is 17.9 Å². The molecule has 0 radical (unpaired) electrons. The van der Waals surface area contributed by atoms with Crippen LogP contribution < -0.4 is 10.6 Å². The van der Waals surface area contributed by atoms with Gasteiger partial charge in [-0.15, -0.1) is 0 Å². The smallest absolute Gasteiger partial charge is 0.228 e. The molecule has 2 atom stereocenters. The number of rotatable bonds is 4. The molecular weight excluding hydrogens is 320 g/mol. The summed E-state index contributed by atoms with van der Waals surface area (Å²) in [4.78, 5) is 23.8. The van der Waals surface area contributed by atoms with Crippen molar-refractivity contribution in [2.45, 2.75) is 33.2 Å². The van der Waals surface area contributed by atoms with E-state index in [1.807, 2.05) is 39.0 Å². The molecule has 2 N–H and O–H groups in total. The first-order chi connectivity index (χ1) is 9.38. The van der Waals surface area contributed by atoms with E-state index in [1.165, 1.54) is 0 Å². The van der Waals surface area contributed by atoms with Crippen molar-refractivity contribution in [3.8, 4) is 0 Å². The third-order valence-corrected chi connectivity index (χ3v) is 4.19. The summed E-state index contributed by atoms with van der Waals surface area (Å²) in [5, 5.41) is 5.70. The Bertz CT molecular complexity index is 543. The molecule has 4 nitrogen and oxygen atoms in total. The monoisotopic (exact) mass is 338 g/mol. The van der Waals surface area contributed by atoms with Crippen LogP contribution in [-0.2, 0) is 9.59 Å². The lowest BCUT2D eigenvalue weighted by molar-refractivity contribution is -0.125. The molecule has 0 heterocycles. The van der Waals surface area contributed by atoms with Gasteiger partial charge in [0.25, 0.3) is 0 Å². The molecule has 0 bridgehead atoms. The molecule has 20 heavy (non-hydrogen) atoms. The van der Waals surface area contributed by atoms with E-state index in [2.05, 4.69) is 26.6 Å². The van der Waals surface area contributed by atoms with Crippen LogP contribution in [0.1, 0.15) is 25.8 Å². The van der Waals surface area contributed by atoms with Gasteiger partial charge in [0.2, 0.25) is 11.8 Å². The van der Waals surface area contributed by atoms with Crippen molar-refractivity contribution in [3.05, 3.63) is 28.2 Å². The highest BCUT2D eigenvalue weighted by molar-refractivity contribution is 9.10. The van der Waals surface area contributed by atoms with Gasteiger partial charge < -0.3 is 10.6 Å². The molecule has 2 amide bonds. The van der Waals surface area contributed by atoms with E-state index in [0.717, 1.165) is 15.7 Å². The van der Waals surface area contributed by atoms with E-state index in [4.69, 9.17) is 0 Å². The van der Waals surface area contributed by atoms with Crippen molar-refractivity contribution in [2.24, 2.45) is 11.8 Å². The fourth-order valence-corrected chi connectivity index (χ4v) is 2.45. The molecule has 0 aromatic heterocycles. The standard InChI is InChI=1S/C15H19BrN2O2/c1-8(2)17-14(19)11-7-12(11)15(20)18-10-5-4-9(3)13(16)6-10/h4-6,8,11-12H,7H2,1-3H3,(H,17,19)(H,18,20). The Morgan fingerprint density at radius 3 is 2.50 bits per heavy atom. The molecule has 1 aliphatic carbocycles. The molecule has 108 valence electrons. The number of aryl methyl sites for hydroxylation is 1. The van der Waals surface area contributed by atoms with Gasteiger partial charge in [-0.05, 0) is 44.9 Å². The van der Waals surface area contributed by atoms with Gasteiger partial charge in [0.05, 0.1) is 11.8 Å². The average Bonchev–Trinajstić information content (AvgIpc) is 3.13. The number of hydrogen-bond donors (Lipinski definition) is 2. The largest absolute Gasteiger partial charge is 0.354 e. The minimum atomic E-state index is -0.200. The van der Waals surface area contributed by atoms with Crippen LogP contribution in [0.15, 0.2) is 22.7 Å². The minimum absolute atomic E-state index is 0.0229. The number of carbonyl (C=O) groups is 2. The number of nitrogens with one attached hydrogen (secondary N) is 2. The maximum Gasteiger partial charge on any atom is 0.228 e. The van der Waals surface area contributed by atoms with Crippen LogP contribution in [0.4, 0.5) is 5.69 Å². The molecule has 1 saturated carbocycles. The van der Waals surface area contributed by atoms with Crippen molar-refractivity contribution < 1.29 is 9.59 Å². The van der Waals surface area contributed by atoms with Gasteiger partial charge >= 0.3 is 0 Å². The van der Waals surface area contributed by atoms with E-state index in [1.54, 1.807) is 0 Å². The van der Waals surface area contributed by atoms with Gasteiger partial charge in [-0.25, -0.2) is 0 Å². The summed E-state index contributed by atoms with van der Waals surface area (Å²) < 4.78 is 0.959. The van der Waals surface area contributed by atoms with Gasteiger partial charge in [0.1, 0.15) is 0 Å². The summed E-state index contributed by atoms with van der Waals surface area (Å²) in [5.41, 5.74) is 1.87. The molecule has 1 aromatic rings. The Morgan fingerprint density at radius 2 is 1.90 bits per heavy atom. The Balaban J connectivity index is 1.91. The third kappa shape index (κ3) is 3.60. The number of hydrogen-bond acceptors (Lipinski definition) is 2. The Labute approximate surface area is 127 Å². The van der Waals surface area contributed by atoms with E-state index >= 15 is 0 Å². The van der Waals surface area contributed by atoms with Crippen LogP contribution in [0, 0.1) is 18.8 Å². The van der Waals surface area contributed by atoms with Gasteiger partial charge in [-0.2, -0.15) is 0 Å². The average molecular weight is 339 g/mol.